The SMILES string of the molecule is CCCCCCCCCCCCCOC(=O)CC(CC1CC(C)(C)N(OCc2ccccc2)C(C)(C)C1)C1CC(C)(C)N(OCc2ccccc2)C(C)(C)C1. The summed E-state index contributed by atoms with van der Waals surface area (Å²) in [6.45, 7) is 22.6. The average molecular weight is 761 g/mol. The van der Waals surface area contributed by atoms with E-state index in [1.54, 1.807) is 0 Å². The molecule has 1 atom stereocenters. The second-order valence-corrected chi connectivity index (χ2v) is 19.8. The highest BCUT2D eigenvalue weighted by Gasteiger charge is 2.51. The minimum atomic E-state index is -0.188. The first-order chi connectivity index (χ1) is 26.1. The molecule has 4 rings (SSSR count). The van der Waals surface area contributed by atoms with Crippen molar-refractivity contribution in [3.05, 3.63) is 71.8 Å². The molecular formula is C49H80N2O4. The molecule has 310 valence electrons. The molecule has 0 spiro atoms. The van der Waals surface area contributed by atoms with E-state index in [0.29, 0.717) is 38.1 Å². The van der Waals surface area contributed by atoms with E-state index in [4.69, 9.17) is 14.4 Å². The summed E-state index contributed by atoms with van der Waals surface area (Å²) in [7, 11) is 0. The number of hydrogen-bond acceptors (Lipinski definition) is 6. The zero-order valence-corrected chi connectivity index (χ0v) is 36.7. The molecule has 0 radical (unpaired) electrons. The summed E-state index contributed by atoms with van der Waals surface area (Å²) in [5, 5.41) is 4.54. The Morgan fingerprint density at radius 1 is 0.600 bits per heavy atom. The van der Waals surface area contributed by atoms with Crippen molar-refractivity contribution >= 4 is 5.97 Å². The quantitative estimate of drug-likeness (QED) is 0.0830. The van der Waals surface area contributed by atoms with Crippen LogP contribution in [0, 0.1) is 17.8 Å². The average Bonchev–Trinajstić information content (AvgIpc) is 3.10. The van der Waals surface area contributed by atoms with Gasteiger partial charge in [-0.3, -0.25) is 14.5 Å². The van der Waals surface area contributed by atoms with E-state index in [1.165, 1.54) is 68.9 Å². The normalized spacial score (nSPS) is 20.7. The van der Waals surface area contributed by atoms with Crippen molar-refractivity contribution in [2.24, 2.45) is 17.8 Å². The van der Waals surface area contributed by atoms with Crippen molar-refractivity contribution in [3.8, 4) is 0 Å². The van der Waals surface area contributed by atoms with E-state index in [-0.39, 0.29) is 34.0 Å². The molecule has 2 aromatic carbocycles. The standard InChI is InChI=1S/C49H80N2O4/c1-10-11-12-13-14-15-16-17-18-19-26-31-53-45(52)33-43(44-36-48(6,7)51(49(8,9)37-44)55-39-41-29-24-21-25-30-41)32-42-34-46(2,3)50(47(4,5)35-42)54-38-40-27-22-20-23-28-40/h20-25,27-30,42-44H,10-19,26,31-39H2,1-9H3. The van der Waals surface area contributed by atoms with E-state index < -0.39 is 0 Å². The van der Waals surface area contributed by atoms with Crippen LogP contribution in [0.4, 0.5) is 0 Å². The van der Waals surface area contributed by atoms with Crippen LogP contribution in [0.3, 0.4) is 0 Å². The van der Waals surface area contributed by atoms with Crippen LogP contribution in [0.15, 0.2) is 60.7 Å². The van der Waals surface area contributed by atoms with Gasteiger partial charge in [0.25, 0.3) is 0 Å². The van der Waals surface area contributed by atoms with Crippen LogP contribution in [-0.2, 0) is 32.4 Å². The Hall–Kier alpha value is -2.25. The van der Waals surface area contributed by atoms with Crippen molar-refractivity contribution in [1.82, 2.24) is 10.1 Å². The first-order valence-corrected chi connectivity index (χ1v) is 22.2. The maximum Gasteiger partial charge on any atom is 0.306 e. The number of carbonyl (C=O) groups is 1. The highest BCUT2D eigenvalue weighted by molar-refractivity contribution is 5.69. The number of esters is 1. The lowest BCUT2D eigenvalue weighted by Crippen LogP contribution is -2.61. The highest BCUT2D eigenvalue weighted by Crippen LogP contribution is 2.50. The van der Waals surface area contributed by atoms with Crippen LogP contribution >= 0.6 is 0 Å². The summed E-state index contributed by atoms with van der Waals surface area (Å²) in [6, 6.07) is 20.9. The van der Waals surface area contributed by atoms with Crippen LogP contribution in [0.25, 0.3) is 0 Å². The first-order valence-electron chi connectivity index (χ1n) is 22.2. The molecule has 0 aliphatic carbocycles. The van der Waals surface area contributed by atoms with E-state index in [2.05, 4.69) is 133 Å². The zero-order chi connectivity index (χ0) is 40.0. The topological polar surface area (TPSA) is 51.2 Å². The third kappa shape index (κ3) is 14.6. The Morgan fingerprint density at radius 3 is 1.44 bits per heavy atom. The molecule has 0 N–H and O–H groups in total. The van der Waals surface area contributed by atoms with E-state index in [0.717, 1.165) is 44.9 Å². The van der Waals surface area contributed by atoms with Gasteiger partial charge in [-0.25, -0.2) is 0 Å². The number of rotatable bonds is 23. The number of carbonyl (C=O) groups excluding carboxylic acids is 1. The van der Waals surface area contributed by atoms with Gasteiger partial charge in [0, 0.05) is 28.6 Å². The number of hydrogen-bond donors (Lipinski definition) is 0. The Morgan fingerprint density at radius 2 is 1.00 bits per heavy atom. The molecule has 2 saturated heterocycles. The van der Waals surface area contributed by atoms with Gasteiger partial charge in [-0.1, -0.05) is 132 Å². The molecule has 2 aliphatic heterocycles. The molecule has 2 aliphatic rings. The third-order valence-corrected chi connectivity index (χ3v) is 12.4. The summed E-state index contributed by atoms with van der Waals surface area (Å²) in [4.78, 5) is 26.9. The largest absolute Gasteiger partial charge is 0.466 e. The number of unbranched alkanes of at least 4 members (excludes halogenated alkanes) is 10. The summed E-state index contributed by atoms with van der Waals surface area (Å²) < 4.78 is 6.02. The summed E-state index contributed by atoms with van der Waals surface area (Å²) in [5.74, 6) is 1.09. The molecule has 0 amide bonds. The van der Waals surface area contributed by atoms with Crippen molar-refractivity contribution in [2.45, 2.75) is 207 Å². The van der Waals surface area contributed by atoms with Gasteiger partial charge in [0.2, 0.25) is 0 Å². The molecule has 1 unspecified atom stereocenters. The van der Waals surface area contributed by atoms with E-state index >= 15 is 0 Å². The number of piperidine rings is 2. The fourth-order valence-corrected chi connectivity index (χ4v) is 10.5. The van der Waals surface area contributed by atoms with Gasteiger partial charge in [0.1, 0.15) is 0 Å². The van der Waals surface area contributed by atoms with Crippen molar-refractivity contribution in [3.63, 3.8) is 0 Å². The Balaban J connectivity index is 1.38. The molecule has 2 fully saturated rings. The predicted octanol–water partition coefficient (Wildman–Crippen LogP) is 13.0. The van der Waals surface area contributed by atoms with Gasteiger partial charge in [0.15, 0.2) is 0 Å². The van der Waals surface area contributed by atoms with Crippen molar-refractivity contribution < 1.29 is 19.2 Å². The fraction of sp³-hybridized carbons (Fsp3) is 0.735. The zero-order valence-electron chi connectivity index (χ0n) is 36.7. The number of ether oxygens (including phenoxy) is 1. The summed E-state index contributed by atoms with van der Waals surface area (Å²) in [6.07, 6.45) is 19.7. The molecule has 0 bridgehead atoms. The number of nitrogens with zero attached hydrogens (tertiary/aromatic N) is 2. The second-order valence-electron chi connectivity index (χ2n) is 19.8. The lowest BCUT2D eigenvalue weighted by Gasteiger charge is -2.56. The molecule has 2 aromatic rings. The van der Waals surface area contributed by atoms with Gasteiger partial charge >= 0.3 is 5.97 Å². The van der Waals surface area contributed by atoms with Crippen LogP contribution in [0.2, 0.25) is 0 Å². The van der Waals surface area contributed by atoms with Gasteiger partial charge in [-0.2, -0.15) is 10.1 Å². The lowest BCUT2D eigenvalue weighted by molar-refractivity contribution is -0.300. The van der Waals surface area contributed by atoms with Gasteiger partial charge in [-0.15, -0.1) is 0 Å². The van der Waals surface area contributed by atoms with Crippen LogP contribution in [0.1, 0.15) is 183 Å². The van der Waals surface area contributed by atoms with Crippen LogP contribution < -0.4 is 0 Å². The lowest BCUT2D eigenvalue weighted by atomic mass is 9.65. The Labute approximate surface area is 337 Å². The Kier molecular flexibility index (Phi) is 17.8. The monoisotopic (exact) mass is 761 g/mol. The molecule has 0 saturated carbocycles. The van der Waals surface area contributed by atoms with E-state index in [9.17, 15) is 4.79 Å². The molecule has 0 aromatic heterocycles. The predicted molar refractivity (Wildman–Crippen MR) is 228 cm³/mol. The Bertz CT molecular complexity index is 1340. The number of hydroxylamine groups is 4. The van der Waals surface area contributed by atoms with Crippen molar-refractivity contribution in [2.75, 3.05) is 6.61 Å². The molecule has 2 heterocycles. The number of benzene rings is 2. The first kappa shape index (κ1) is 45.5. The fourth-order valence-electron chi connectivity index (χ4n) is 10.5. The van der Waals surface area contributed by atoms with E-state index in [1.807, 2.05) is 0 Å². The summed E-state index contributed by atoms with van der Waals surface area (Å²) >= 11 is 0. The smallest absolute Gasteiger partial charge is 0.306 e. The maximum absolute atomic E-state index is 13.7. The second kappa shape index (κ2) is 21.5. The van der Waals surface area contributed by atoms with Gasteiger partial charge < -0.3 is 4.74 Å². The molecule has 55 heavy (non-hydrogen) atoms. The molecule has 6 heteroatoms. The van der Waals surface area contributed by atoms with Gasteiger partial charge in [0.05, 0.1) is 19.8 Å². The van der Waals surface area contributed by atoms with Crippen LogP contribution in [-0.4, -0.2) is 44.9 Å². The minimum absolute atomic E-state index is 0.0161. The minimum Gasteiger partial charge on any atom is -0.466 e. The summed E-state index contributed by atoms with van der Waals surface area (Å²) in [5.41, 5.74) is 1.70. The van der Waals surface area contributed by atoms with Crippen molar-refractivity contribution in [1.29, 1.82) is 0 Å². The highest BCUT2D eigenvalue weighted by atomic mass is 16.7. The molecular weight excluding hydrogens is 681 g/mol. The van der Waals surface area contributed by atoms with Crippen LogP contribution in [0.5, 0.6) is 0 Å². The molecule has 6 nitrogen and oxygen atoms in total. The van der Waals surface area contributed by atoms with Gasteiger partial charge in [-0.05, 0) is 123 Å². The third-order valence-electron chi connectivity index (χ3n) is 12.4. The maximum atomic E-state index is 13.7.